The van der Waals surface area contributed by atoms with Crippen molar-refractivity contribution in [1.29, 1.82) is 0 Å². The molecule has 1 aromatic carbocycles. The van der Waals surface area contributed by atoms with Crippen LogP contribution >= 0.6 is 0 Å². The van der Waals surface area contributed by atoms with Crippen LogP contribution in [-0.4, -0.2) is 80.8 Å². The summed E-state index contributed by atoms with van der Waals surface area (Å²) in [5, 5.41) is 2.71. The summed E-state index contributed by atoms with van der Waals surface area (Å²) in [6, 6.07) is 8.03. The summed E-state index contributed by atoms with van der Waals surface area (Å²) in [6.45, 7) is 4.24. The van der Waals surface area contributed by atoms with Gasteiger partial charge >= 0.3 is 0 Å². The minimum atomic E-state index is -0.371. The molecule has 1 N–H and O–H groups in total. The first-order chi connectivity index (χ1) is 15.0. The van der Waals surface area contributed by atoms with Gasteiger partial charge in [0.05, 0.1) is 6.54 Å². The average molecular weight is 429 g/mol. The second-order valence-corrected chi connectivity index (χ2v) is 8.72. The number of likely N-dealkylation sites (tertiary alicyclic amines) is 2. The number of piperidine rings is 1. The molecule has 2 fully saturated rings. The summed E-state index contributed by atoms with van der Waals surface area (Å²) < 4.78 is 0. The molecule has 0 aliphatic carbocycles. The van der Waals surface area contributed by atoms with Crippen LogP contribution in [0, 0.1) is 0 Å². The SMILES string of the molecule is CNC(=O)C(CCC=O)N(C)c1cccc(C2CCN(CC(=O)N3CCCC3)CC2)c1. The second kappa shape index (κ2) is 11.3. The summed E-state index contributed by atoms with van der Waals surface area (Å²) >= 11 is 0. The zero-order valence-corrected chi connectivity index (χ0v) is 18.9. The largest absolute Gasteiger partial charge is 0.363 e. The molecule has 0 aromatic heterocycles. The third-order valence-corrected chi connectivity index (χ3v) is 6.73. The van der Waals surface area contributed by atoms with Gasteiger partial charge in [0.15, 0.2) is 0 Å². The van der Waals surface area contributed by atoms with E-state index in [9.17, 15) is 14.4 Å². The van der Waals surface area contributed by atoms with Crippen LogP contribution in [0.1, 0.15) is 50.0 Å². The van der Waals surface area contributed by atoms with E-state index in [4.69, 9.17) is 0 Å². The maximum absolute atomic E-state index is 12.4. The molecule has 0 radical (unpaired) electrons. The molecular weight excluding hydrogens is 392 g/mol. The van der Waals surface area contributed by atoms with Crippen molar-refractivity contribution in [3.63, 3.8) is 0 Å². The molecule has 7 nitrogen and oxygen atoms in total. The number of nitrogens with one attached hydrogen (secondary N) is 1. The normalized spacial score (nSPS) is 18.6. The molecule has 1 atom stereocenters. The molecule has 170 valence electrons. The number of rotatable bonds is 9. The van der Waals surface area contributed by atoms with Gasteiger partial charge < -0.3 is 19.9 Å². The van der Waals surface area contributed by atoms with Crippen LogP contribution in [0.25, 0.3) is 0 Å². The van der Waals surface area contributed by atoms with Gasteiger partial charge in [-0.2, -0.15) is 0 Å². The number of hydrogen-bond acceptors (Lipinski definition) is 5. The van der Waals surface area contributed by atoms with E-state index in [1.54, 1.807) is 7.05 Å². The molecule has 2 aliphatic rings. The minimum absolute atomic E-state index is 0.0780. The van der Waals surface area contributed by atoms with Crippen molar-refractivity contribution in [2.24, 2.45) is 0 Å². The third-order valence-electron chi connectivity index (χ3n) is 6.73. The molecule has 2 saturated heterocycles. The zero-order valence-electron chi connectivity index (χ0n) is 18.9. The summed E-state index contributed by atoms with van der Waals surface area (Å²) in [5.41, 5.74) is 2.27. The highest BCUT2D eigenvalue weighted by Crippen LogP contribution is 2.31. The Labute approximate surface area is 185 Å². The van der Waals surface area contributed by atoms with E-state index in [1.807, 2.05) is 29.0 Å². The highest BCUT2D eigenvalue weighted by Gasteiger charge is 2.26. The lowest BCUT2D eigenvalue weighted by Gasteiger charge is -2.33. The van der Waals surface area contributed by atoms with Crippen molar-refractivity contribution in [1.82, 2.24) is 15.1 Å². The Hall–Kier alpha value is -2.41. The van der Waals surface area contributed by atoms with E-state index in [1.165, 1.54) is 5.56 Å². The number of carbonyl (C=O) groups is 3. The average Bonchev–Trinajstić information content (AvgIpc) is 3.35. The van der Waals surface area contributed by atoms with Gasteiger partial charge in [0, 0.05) is 39.3 Å². The molecule has 2 amide bonds. The Bertz CT molecular complexity index is 755. The molecule has 0 spiro atoms. The first-order valence-corrected chi connectivity index (χ1v) is 11.5. The topological polar surface area (TPSA) is 73.0 Å². The fourth-order valence-corrected chi connectivity index (χ4v) is 4.75. The number of carbonyl (C=O) groups excluding carboxylic acids is 3. The molecular formula is C24H36N4O3. The molecule has 2 aliphatic heterocycles. The lowest BCUT2D eigenvalue weighted by Crippen LogP contribution is -2.44. The van der Waals surface area contributed by atoms with Crippen LogP contribution < -0.4 is 10.2 Å². The van der Waals surface area contributed by atoms with Crippen LogP contribution in [0.15, 0.2) is 24.3 Å². The quantitative estimate of drug-likeness (QED) is 0.609. The number of hydrogen-bond donors (Lipinski definition) is 1. The Morgan fingerprint density at radius 3 is 2.55 bits per heavy atom. The van der Waals surface area contributed by atoms with E-state index in [0.717, 1.165) is 63.8 Å². The first-order valence-electron chi connectivity index (χ1n) is 11.5. The molecule has 1 unspecified atom stereocenters. The molecule has 0 bridgehead atoms. The molecule has 31 heavy (non-hydrogen) atoms. The number of likely N-dealkylation sites (N-methyl/N-ethyl adjacent to an activating group) is 2. The van der Waals surface area contributed by atoms with Crippen molar-refractivity contribution in [3.05, 3.63) is 29.8 Å². The number of amides is 2. The summed E-state index contributed by atoms with van der Waals surface area (Å²) in [5.74, 6) is 0.654. The maximum atomic E-state index is 12.4. The van der Waals surface area contributed by atoms with Crippen LogP contribution in [-0.2, 0) is 14.4 Å². The minimum Gasteiger partial charge on any atom is -0.363 e. The van der Waals surface area contributed by atoms with Crippen LogP contribution in [0.4, 0.5) is 5.69 Å². The second-order valence-electron chi connectivity index (χ2n) is 8.72. The van der Waals surface area contributed by atoms with E-state index in [0.29, 0.717) is 25.3 Å². The van der Waals surface area contributed by atoms with E-state index < -0.39 is 0 Å². The molecule has 7 heteroatoms. The van der Waals surface area contributed by atoms with Gasteiger partial charge in [-0.05, 0) is 68.8 Å². The third kappa shape index (κ3) is 6.06. The van der Waals surface area contributed by atoms with E-state index >= 15 is 0 Å². The van der Waals surface area contributed by atoms with Crippen molar-refractivity contribution in [3.8, 4) is 0 Å². The highest BCUT2D eigenvalue weighted by atomic mass is 16.2. The maximum Gasteiger partial charge on any atom is 0.242 e. The standard InChI is InChI=1S/C24H36N4O3/c1-25-24(31)22(9-6-16-29)26(2)21-8-5-7-20(17-21)19-10-14-27(15-11-19)18-23(30)28-12-3-4-13-28/h5,7-8,16-17,19,22H,3-4,6,9-15,18H2,1-2H3,(H,25,31). The van der Waals surface area contributed by atoms with Gasteiger partial charge in [0.25, 0.3) is 0 Å². The summed E-state index contributed by atoms with van der Waals surface area (Å²) in [4.78, 5) is 41.8. The van der Waals surface area contributed by atoms with Crippen LogP contribution in [0.2, 0.25) is 0 Å². The first kappa shape index (κ1) is 23.3. The fourth-order valence-electron chi connectivity index (χ4n) is 4.75. The predicted octanol–water partition coefficient (Wildman–Crippen LogP) is 2.02. The van der Waals surface area contributed by atoms with Gasteiger partial charge in [0.2, 0.25) is 11.8 Å². The van der Waals surface area contributed by atoms with E-state index in [-0.39, 0.29) is 17.9 Å². The number of aldehydes is 1. The summed E-state index contributed by atoms with van der Waals surface area (Å²) in [7, 11) is 3.54. The fraction of sp³-hybridized carbons (Fsp3) is 0.625. The van der Waals surface area contributed by atoms with Gasteiger partial charge in [-0.15, -0.1) is 0 Å². The van der Waals surface area contributed by atoms with Gasteiger partial charge in [-0.1, -0.05) is 12.1 Å². The van der Waals surface area contributed by atoms with Crippen molar-refractivity contribution < 1.29 is 14.4 Å². The molecule has 2 heterocycles. The lowest BCUT2D eigenvalue weighted by atomic mass is 9.89. The van der Waals surface area contributed by atoms with Crippen molar-refractivity contribution >= 4 is 23.8 Å². The molecule has 1 aromatic rings. The highest BCUT2D eigenvalue weighted by molar-refractivity contribution is 5.85. The van der Waals surface area contributed by atoms with Crippen molar-refractivity contribution in [2.45, 2.75) is 50.5 Å². The number of nitrogens with zero attached hydrogens (tertiary/aromatic N) is 3. The Balaban J connectivity index is 1.59. The number of benzene rings is 1. The summed E-state index contributed by atoms with van der Waals surface area (Å²) in [6.07, 6.45) is 6.05. The molecule has 3 rings (SSSR count). The lowest BCUT2D eigenvalue weighted by molar-refractivity contribution is -0.131. The van der Waals surface area contributed by atoms with Gasteiger partial charge in [-0.25, -0.2) is 0 Å². The predicted molar refractivity (Wildman–Crippen MR) is 122 cm³/mol. The Morgan fingerprint density at radius 1 is 1.19 bits per heavy atom. The van der Waals surface area contributed by atoms with Gasteiger partial charge in [-0.3, -0.25) is 14.5 Å². The Morgan fingerprint density at radius 2 is 1.90 bits per heavy atom. The van der Waals surface area contributed by atoms with Crippen LogP contribution in [0.3, 0.4) is 0 Å². The van der Waals surface area contributed by atoms with Gasteiger partial charge in [0.1, 0.15) is 12.3 Å². The van der Waals surface area contributed by atoms with Crippen LogP contribution in [0.5, 0.6) is 0 Å². The zero-order chi connectivity index (χ0) is 22.2. The monoisotopic (exact) mass is 428 g/mol. The number of anilines is 1. The Kier molecular flexibility index (Phi) is 8.46. The van der Waals surface area contributed by atoms with Crippen molar-refractivity contribution in [2.75, 3.05) is 51.7 Å². The van der Waals surface area contributed by atoms with E-state index in [2.05, 4.69) is 22.3 Å². The smallest absolute Gasteiger partial charge is 0.242 e. The molecule has 0 saturated carbocycles.